The highest BCUT2D eigenvalue weighted by molar-refractivity contribution is 5.95. The highest BCUT2D eigenvalue weighted by atomic mass is 19.1. The second-order valence-corrected chi connectivity index (χ2v) is 9.05. The molecule has 2 heterocycles. The van der Waals surface area contributed by atoms with Crippen LogP contribution < -0.4 is 16.8 Å². The van der Waals surface area contributed by atoms with Gasteiger partial charge < -0.3 is 4.90 Å². The number of aromatic amines is 1. The van der Waals surface area contributed by atoms with Gasteiger partial charge in [-0.3, -0.25) is 24.7 Å². The average molecular weight is 495 g/mol. The van der Waals surface area contributed by atoms with Gasteiger partial charge in [-0.2, -0.15) is 5.10 Å². The quantitative estimate of drug-likeness (QED) is 0.181. The van der Waals surface area contributed by atoms with Crippen LogP contribution in [0.3, 0.4) is 0 Å². The van der Waals surface area contributed by atoms with E-state index in [9.17, 15) is 18.8 Å². The van der Waals surface area contributed by atoms with Crippen LogP contribution in [-0.2, 0) is 11.2 Å². The molecule has 0 bridgehead atoms. The molecule has 3 aromatic rings. The summed E-state index contributed by atoms with van der Waals surface area (Å²) in [6.07, 6.45) is 3.48. The molecule has 0 radical (unpaired) electrons. The molecule has 1 aliphatic rings. The minimum atomic E-state index is -0.549. The topological polar surface area (TPSA) is 124 Å². The first kappa shape index (κ1) is 25.5. The Morgan fingerprint density at radius 2 is 1.78 bits per heavy atom. The molecule has 9 nitrogen and oxygen atoms in total. The molecule has 36 heavy (non-hydrogen) atoms. The molecule has 2 aromatic carbocycles. The molecule has 0 aliphatic carbocycles. The van der Waals surface area contributed by atoms with Crippen molar-refractivity contribution in [3.8, 4) is 0 Å². The molecule has 190 valence electrons. The molecule has 0 spiro atoms. The second-order valence-electron chi connectivity index (χ2n) is 9.05. The van der Waals surface area contributed by atoms with E-state index in [-0.39, 0.29) is 22.9 Å². The monoisotopic (exact) mass is 494 g/mol. The van der Waals surface area contributed by atoms with E-state index < -0.39 is 5.82 Å². The Labute approximate surface area is 208 Å². The lowest BCUT2D eigenvalue weighted by molar-refractivity contribution is -0.121. The van der Waals surface area contributed by atoms with Crippen LogP contribution in [0.1, 0.15) is 47.3 Å². The van der Waals surface area contributed by atoms with Gasteiger partial charge in [0.15, 0.2) is 0 Å². The van der Waals surface area contributed by atoms with E-state index in [1.807, 2.05) is 12.1 Å². The highest BCUT2D eigenvalue weighted by Crippen LogP contribution is 2.20. The minimum Gasteiger partial charge on any atom is -0.336 e. The number of H-pyrrole nitrogens is 1. The maximum Gasteiger partial charge on any atom is 0.272 e. The van der Waals surface area contributed by atoms with Crippen LogP contribution in [0, 0.1) is 5.82 Å². The maximum absolute atomic E-state index is 14.7. The van der Waals surface area contributed by atoms with E-state index >= 15 is 0 Å². The number of nitrogens with zero attached hydrogens (tertiary/aromatic N) is 3. The smallest absolute Gasteiger partial charge is 0.272 e. The molecule has 1 saturated heterocycles. The summed E-state index contributed by atoms with van der Waals surface area (Å²) in [6, 6.07) is 11.7. The highest BCUT2D eigenvalue weighted by Gasteiger charge is 2.24. The van der Waals surface area contributed by atoms with Crippen molar-refractivity contribution in [3.63, 3.8) is 0 Å². The van der Waals surface area contributed by atoms with Crippen LogP contribution in [0.25, 0.3) is 10.8 Å². The predicted octanol–water partition coefficient (Wildman–Crippen LogP) is 1.96. The number of hydrogen-bond acceptors (Lipinski definition) is 6. The van der Waals surface area contributed by atoms with E-state index in [0.717, 1.165) is 49.8 Å². The van der Waals surface area contributed by atoms with Crippen LogP contribution in [0.4, 0.5) is 4.39 Å². The second kappa shape index (κ2) is 11.9. The predicted molar refractivity (Wildman–Crippen MR) is 135 cm³/mol. The van der Waals surface area contributed by atoms with Gasteiger partial charge in [0.1, 0.15) is 5.82 Å². The fourth-order valence-electron chi connectivity index (χ4n) is 4.56. The number of aromatic nitrogens is 2. The van der Waals surface area contributed by atoms with Crippen molar-refractivity contribution < 1.29 is 14.0 Å². The maximum atomic E-state index is 14.7. The van der Waals surface area contributed by atoms with Crippen LogP contribution >= 0.6 is 0 Å². The van der Waals surface area contributed by atoms with E-state index in [2.05, 4.69) is 20.5 Å². The molecule has 2 amide bonds. The first-order valence-corrected chi connectivity index (χ1v) is 12.2. The Morgan fingerprint density at radius 1 is 1.03 bits per heavy atom. The van der Waals surface area contributed by atoms with Crippen molar-refractivity contribution in [1.82, 2.24) is 25.4 Å². The summed E-state index contributed by atoms with van der Waals surface area (Å²) in [4.78, 5) is 40.3. The molecule has 0 atom stereocenters. The molecule has 1 aromatic heterocycles. The number of carbonyl (C=O) groups excluding carboxylic acids is 2. The Hall–Kier alpha value is -3.63. The van der Waals surface area contributed by atoms with Crippen LogP contribution in [-0.4, -0.2) is 64.5 Å². The average Bonchev–Trinajstić information content (AvgIpc) is 2.91. The number of benzene rings is 2. The van der Waals surface area contributed by atoms with E-state index in [1.165, 1.54) is 6.07 Å². The Balaban J connectivity index is 1.35. The molecule has 10 heteroatoms. The molecule has 1 fully saturated rings. The van der Waals surface area contributed by atoms with Gasteiger partial charge in [0.25, 0.3) is 11.5 Å². The zero-order valence-electron chi connectivity index (χ0n) is 20.1. The summed E-state index contributed by atoms with van der Waals surface area (Å²) in [6.45, 7) is 3.41. The normalized spacial score (nSPS) is 14.2. The van der Waals surface area contributed by atoms with E-state index in [0.29, 0.717) is 37.0 Å². The number of piperazine rings is 1. The fraction of sp³-hybridized carbons (Fsp3) is 0.385. The SMILES string of the molecule is NNC(=O)CCCCCN1CCN(C(=O)c2cc(Cc3n[nH]c(=O)c4ccccc34)ccc2F)CC1. The molecule has 1 aliphatic heterocycles. The van der Waals surface area contributed by atoms with Gasteiger partial charge >= 0.3 is 0 Å². The number of nitrogens with one attached hydrogen (secondary N) is 2. The molecular weight excluding hydrogens is 463 g/mol. The third-order valence-electron chi connectivity index (χ3n) is 6.61. The van der Waals surface area contributed by atoms with Crippen LogP contribution in [0.15, 0.2) is 47.3 Å². The summed E-state index contributed by atoms with van der Waals surface area (Å²) in [5.41, 5.74) is 3.32. The summed E-state index contributed by atoms with van der Waals surface area (Å²) in [7, 11) is 0. The fourth-order valence-corrected chi connectivity index (χ4v) is 4.56. The number of carbonyl (C=O) groups is 2. The third-order valence-corrected chi connectivity index (χ3v) is 6.61. The number of halogens is 1. The van der Waals surface area contributed by atoms with Crippen molar-refractivity contribution in [2.75, 3.05) is 32.7 Å². The van der Waals surface area contributed by atoms with Crippen LogP contribution in [0.5, 0.6) is 0 Å². The van der Waals surface area contributed by atoms with Crippen LogP contribution in [0.2, 0.25) is 0 Å². The van der Waals surface area contributed by atoms with Gasteiger partial charge in [-0.1, -0.05) is 30.7 Å². The lowest BCUT2D eigenvalue weighted by Gasteiger charge is -2.35. The van der Waals surface area contributed by atoms with Gasteiger partial charge in [0, 0.05) is 44.4 Å². The van der Waals surface area contributed by atoms with Gasteiger partial charge in [0.05, 0.1) is 16.6 Å². The van der Waals surface area contributed by atoms with Gasteiger partial charge in [0.2, 0.25) is 5.91 Å². The van der Waals surface area contributed by atoms with Crippen molar-refractivity contribution in [2.24, 2.45) is 5.84 Å². The summed E-state index contributed by atoms with van der Waals surface area (Å²) in [5.74, 6) is 4.06. The summed E-state index contributed by atoms with van der Waals surface area (Å²) >= 11 is 0. The Bertz CT molecular complexity index is 1290. The molecule has 0 saturated carbocycles. The van der Waals surface area contributed by atoms with Gasteiger partial charge in [-0.05, 0) is 43.1 Å². The van der Waals surface area contributed by atoms with Crippen molar-refractivity contribution in [1.29, 1.82) is 0 Å². The number of nitrogens with two attached hydrogens (primary N) is 1. The first-order valence-electron chi connectivity index (χ1n) is 12.2. The third kappa shape index (κ3) is 6.13. The summed E-state index contributed by atoms with van der Waals surface area (Å²) < 4.78 is 14.7. The van der Waals surface area contributed by atoms with E-state index in [1.54, 1.807) is 29.2 Å². The zero-order chi connectivity index (χ0) is 25.5. The number of rotatable bonds is 9. The number of hydrazine groups is 1. The van der Waals surface area contributed by atoms with E-state index in [4.69, 9.17) is 5.84 Å². The number of unbranched alkanes of at least 4 members (excludes halogenated alkanes) is 2. The van der Waals surface area contributed by atoms with Gasteiger partial charge in [-0.25, -0.2) is 15.3 Å². The lowest BCUT2D eigenvalue weighted by Crippen LogP contribution is -2.49. The van der Waals surface area contributed by atoms with Gasteiger partial charge in [-0.15, -0.1) is 0 Å². The largest absolute Gasteiger partial charge is 0.336 e. The molecule has 0 unspecified atom stereocenters. The number of fused-ring (bicyclic) bond motifs is 1. The number of amides is 2. The molecule has 4 N–H and O–H groups in total. The first-order chi connectivity index (χ1) is 17.5. The van der Waals surface area contributed by atoms with Crippen molar-refractivity contribution >= 4 is 22.6 Å². The Kier molecular flexibility index (Phi) is 8.40. The zero-order valence-corrected chi connectivity index (χ0v) is 20.1. The molecule has 4 rings (SSSR count). The van der Waals surface area contributed by atoms with Crippen molar-refractivity contribution in [2.45, 2.75) is 32.1 Å². The minimum absolute atomic E-state index is 0.0489. The number of hydrogen-bond donors (Lipinski definition) is 3. The molecular formula is C26H31FN6O3. The lowest BCUT2D eigenvalue weighted by atomic mass is 10.0. The summed E-state index contributed by atoms with van der Waals surface area (Å²) in [5, 5.41) is 7.98. The standard InChI is InChI=1S/C26H31FN6O3/c27-22-10-9-18(17-23-19-6-3-4-7-20(19)25(35)31-30-23)16-21(22)26(36)33-14-12-32(13-15-33)11-5-1-2-8-24(34)29-28/h3-4,6-7,9-10,16H,1-2,5,8,11-15,17,28H2,(H,29,34)(H,31,35). The Morgan fingerprint density at radius 3 is 2.53 bits per heavy atom. The van der Waals surface area contributed by atoms with Crippen molar-refractivity contribution in [3.05, 3.63) is 75.5 Å².